The van der Waals surface area contributed by atoms with Crippen molar-refractivity contribution in [2.24, 2.45) is 0 Å². The quantitative estimate of drug-likeness (QED) is 0.812. The Bertz CT molecular complexity index is 634. The van der Waals surface area contributed by atoms with Crippen molar-refractivity contribution < 1.29 is 9.13 Å². The van der Waals surface area contributed by atoms with Gasteiger partial charge in [0, 0.05) is 5.56 Å². The molecule has 0 N–H and O–H groups in total. The number of hydrogen-bond donors (Lipinski definition) is 0. The van der Waals surface area contributed by atoms with E-state index in [2.05, 4.69) is 15.9 Å². The third-order valence-electron chi connectivity index (χ3n) is 2.49. The maximum Gasteiger partial charge on any atom is 0.134 e. The molecule has 0 saturated heterocycles. The predicted octanol–water partition coefficient (Wildman–Crippen LogP) is 4.69. The van der Waals surface area contributed by atoms with Crippen LogP contribution in [0.15, 0.2) is 40.9 Å². The molecule has 0 amide bonds. The Kier molecular flexibility index (Phi) is 4.41. The van der Waals surface area contributed by atoms with Crippen LogP contribution in [-0.4, -0.2) is 0 Å². The van der Waals surface area contributed by atoms with E-state index in [1.165, 1.54) is 6.07 Å². The van der Waals surface area contributed by atoms with E-state index < -0.39 is 5.82 Å². The maximum absolute atomic E-state index is 13.6. The Balaban J connectivity index is 2.17. The number of halogens is 3. The van der Waals surface area contributed by atoms with Gasteiger partial charge in [-0.25, -0.2) is 4.39 Å². The van der Waals surface area contributed by atoms with Crippen LogP contribution < -0.4 is 4.74 Å². The first-order chi connectivity index (χ1) is 9.11. The summed E-state index contributed by atoms with van der Waals surface area (Å²) in [5.74, 6) is 0.121. The van der Waals surface area contributed by atoms with Crippen molar-refractivity contribution in [1.29, 1.82) is 5.26 Å². The molecule has 0 spiro atoms. The summed E-state index contributed by atoms with van der Waals surface area (Å²) in [6.45, 7) is 0.0238. The molecule has 0 saturated carbocycles. The summed E-state index contributed by atoms with van der Waals surface area (Å²) in [7, 11) is 0. The minimum atomic E-state index is -0.405. The second-order valence-electron chi connectivity index (χ2n) is 3.75. The molecule has 0 aliphatic rings. The molecule has 5 heteroatoms. The average molecular weight is 341 g/mol. The van der Waals surface area contributed by atoms with Crippen LogP contribution in [0, 0.1) is 17.1 Å². The number of ether oxygens (including phenoxy) is 1. The molecule has 0 heterocycles. The second-order valence-corrected chi connectivity index (χ2v) is 5.01. The summed E-state index contributed by atoms with van der Waals surface area (Å²) in [6.07, 6.45) is 0. The summed E-state index contributed by atoms with van der Waals surface area (Å²) in [4.78, 5) is 0. The van der Waals surface area contributed by atoms with E-state index in [0.29, 0.717) is 26.4 Å². The molecule has 2 aromatic rings. The zero-order chi connectivity index (χ0) is 13.8. The fourth-order valence-electron chi connectivity index (χ4n) is 1.51. The van der Waals surface area contributed by atoms with Gasteiger partial charge in [0.2, 0.25) is 0 Å². The summed E-state index contributed by atoms with van der Waals surface area (Å²) in [5, 5.41) is 9.08. The van der Waals surface area contributed by atoms with Crippen molar-refractivity contribution in [3.8, 4) is 11.8 Å². The summed E-state index contributed by atoms with van der Waals surface area (Å²) < 4.78 is 19.7. The first-order valence-corrected chi connectivity index (χ1v) is 6.54. The van der Waals surface area contributed by atoms with Crippen LogP contribution in [0.1, 0.15) is 11.1 Å². The SMILES string of the molecule is N#Cc1ccc(OCc2c(F)cccc2Cl)c(Br)c1. The molecule has 19 heavy (non-hydrogen) atoms. The van der Waals surface area contributed by atoms with Crippen LogP contribution in [0.3, 0.4) is 0 Å². The van der Waals surface area contributed by atoms with Gasteiger partial charge in [-0.2, -0.15) is 5.26 Å². The van der Waals surface area contributed by atoms with Gasteiger partial charge in [0.25, 0.3) is 0 Å². The van der Waals surface area contributed by atoms with E-state index in [0.717, 1.165) is 0 Å². The molecule has 2 aromatic carbocycles. The van der Waals surface area contributed by atoms with Crippen molar-refractivity contribution in [1.82, 2.24) is 0 Å². The Hall–Kier alpha value is -1.57. The van der Waals surface area contributed by atoms with Crippen LogP contribution in [0.25, 0.3) is 0 Å². The van der Waals surface area contributed by atoms with E-state index in [1.54, 1.807) is 30.3 Å². The normalized spacial score (nSPS) is 10.0. The molecule has 0 aliphatic carbocycles. The zero-order valence-electron chi connectivity index (χ0n) is 9.66. The number of benzene rings is 2. The summed E-state index contributed by atoms with van der Waals surface area (Å²) in [5.41, 5.74) is 0.823. The summed E-state index contributed by atoms with van der Waals surface area (Å²) in [6, 6.07) is 11.4. The van der Waals surface area contributed by atoms with E-state index >= 15 is 0 Å². The Morgan fingerprint density at radius 1 is 1.32 bits per heavy atom. The van der Waals surface area contributed by atoms with Crippen LogP contribution in [0.4, 0.5) is 4.39 Å². The van der Waals surface area contributed by atoms with Gasteiger partial charge in [0.05, 0.1) is 21.1 Å². The molecule has 0 radical (unpaired) electrons. The third kappa shape index (κ3) is 3.25. The maximum atomic E-state index is 13.6. The smallest absolute Gasteiger partial charge is 0.134 e. The minimum Gasteiger partial charge on any atom is -0.488 e. The van der Waals surface area contributed by atoms with Crippen molar-refractivity contribution >= 4 is 27.5 Å². The number of nitrogens with zero attached hydrogens (tertiary/aromatic N) is 1. The molecule has 0 aliphatic heterocycles. The van der Waals surface area contributed by atoms with Crippen LogP contribution >= 0.6 is 27.5 Å². The van der Waals surface area contributed by atoms with Crippen LogP contribution in [-0.2, 0) is 6.61 Å². The highest BCUT2D eigenvalue weighted by Crippen LogP contribution is 2.28. The van der Waals surface area contributed by atoms with E-state index in [4.69, 9.17) is 21.6 Å². The number of hydrogen-bond acceptors (Lipinski definition) is 2. The Labute approximate surface area is 123 Å². The highest BCUT2D eigenvalue weighted by Gasteiger charge is 2.09. The molecule has 0 atom stereocenters. The molecule has 96 valence electrons. The zero-order valence-corrected chi connectivity index (χ0v) is 12.0. The first-order valence-electron chi connectivity index (χ1n) is 5.37. The summed E-state index contributed by atoms with van der Waals surface area (Å²) >= 11 is 9.20. The lowest BCUT2D eigenvalue weighted by atomic mass is 10.2. The van der Waals surface area contributed by atoms with E-state index in [9.17, 15) is 4.39 Å². The number of nitriles is 1. The van der Waals surface area contributed by atoms with Gasteiger partial charge in [0.1, 0.15) is 18.2 Å². The Morgan fingerprint density at radius 2 is 2.11 bits per heavy atom. The van der Waals surface area contributed by atoms with Gasteiger partial charge in [-0.15, -0.1) is 0 Å². The first kappa shape index (κ1) is 13.9. The monoisotopic (exact) mass is 339 g/mol. The Morgan fingerprint density at radius 3 is 2.74 bits per heavy atom. The molecule has 2 nitrogen and oxygen atoms in total. The molecule has 0 aromatic heterocycles. The molecule has 0 unspecified atom stereocenters. The predicted molar refractivity (Wildman–Crippen MR) is 74.6 cm³/mol. The van der Waals surface area contributed by atoms with Crippen molar-refractivity contribution in [3.63, 3.8) is 0 Å². The highest BCUT2D eigenvalue weighted by molar-refractivity contribution is 9.10. The van der Waals surface area contributed by atoms with E-state index in [-0.39, 0.29) is 6.61 Å². The van der Waals surface area contributed by atoms with Gasteiger partial charge in [-0.1, -0.05) is 17.7 Å². The van der Waals surface area contributed by atoms with Gasteiger partial charge in [0.15, 0.2) is 0 Å². The lowest BCUT2D eigenvalue weighted by molar-refractivity contribution is 0.298. The molecule has 2 rings (SSSR count). The number of rotatable bonds is 3. The topological polar surface area (TPSA) is 33.0 Å². The molecule has 0 fully saturated rings. The van der Waals surface area contributed by atoms with Gasteiger partial charge < -0.3 is 4.74 Å². The lowest BCUT2D eigenvalue weighted by Crippen LogP contribution is -2.00. The highest BCUT2D eigenvalue weighted by atomic mass is 79.9. The fraction of sp³-hybridized carbons (Fsp3) is 0.0714. The lowest BCUT2D eigenvalue weighted by Gasteiger charge is -2.10. The standard InChI is InChI=1S/C14H8BrClFNO/c15-11-6-9(7-18)4-5-14(11)19-8-10-12(16)2-1-3-13(10)17/h1-6H,8H2. The molecular weight excluding hydrogens is 333 g/mol. The molecule has 0 bridgehead atoms. The van der Waals surface area contributed by atoms with E-state index in [1.807, 2.05) is 6.07 Å². The van der Waals surface area contributed by atoms with Crippen LogP contribution in [0.5, 0.6) is 5.75 Å². The fourth-order valence-corrected chi connectivity index (χ4v) is 2.22. The second kappa shape index (κ2) is 6.05. The minimum absolute atomic E-state index is 0.0238. The molecular formula is C14H8BrClFNO. The largest absolute Gasteiger partial charge is 0.488 e. The van der Waals surface area contributed by atoms with Gasteiger partial charge in [-0.3, -0.25) is 0 Å². The van der Waals surface area contributed by atoms with Crippen molar-refractivity contribution in [2.45, 2.75) is 6.61 Å². The van der Waals surface area contributed by atoms with Crippen LogP contribution in [0.2, 0.25) is 5.02 Å². The third-order valence-corrected chi connectivity index (χ3v) is 3.47. The van der Waals surface area contributed by atoms with Gasteiger partial charge in [-0.05, 0) is 46.3 Å². The average Bonchev–Trinajstić information content (AvgIpc) is 2.39. The van der Waals surface area contributed by atoms with Gasteiger partial charge >= 0.3 is 0 Å². The van der Waals surface area contributed by atoms with Crippen molar-refractivity contribution in [2.75, 3.05) is 0 Å². The van der Waals surface area contributed by atoms with Crippen molar-refractivity contribution in [3.05, 3.63) is 62.8 Å².